The Morgan fingerprint density at radius 3 is 3.00 bits per heavy atom. The minimum Gasteiger partial charge on any atom is -0.450 e. The van der Waals surface area contributed by atoms with Gasteiger partial charge in [-0.3, -0.25) is 4.99 Å². The van der Waals surface area contributed by atoms with Gasteiger partial charge >= 0.3 is 0 Å². The predicted molar refractivity (Wildman–Crippen MR) is 74.9 cm³/mol. The highest BCUT2D eigenvalue weighted by Crippen LogP contribution is 2.12. The fourth-order valence-electron chi connectivity index (χ4n) is 1.74. The second-order valence-electron chi connectivity index (χ2n) is 4.02. The van der Waals surface area contributed by atoms with Gasteiger partial charge in [0, 0.05) is 19.7 Å². The van der Waals surface area contributed by atoms with E-state index in [1.165, 1.54) is 6.08 Å². The van der Waals surface area contributed by atoms with E-state index in [0.29, 0.717) is 29.5 Å². The third kappa shape index (κ3) is 3.37. The summed E-state index contributed by atoms with van der Waals surface area (Å²) >= 11 is 0. The van der Waals surface area contributed by atoms with Crippen molar-refractivity contribution in [2.24, 2.45) is 4.99 Å². The molecule has 0 fully saturated rings. The van der Waals surface area contributed by atoms with Crippen LogP contribution >= 0.6 is 0 Å². The SMILES string of the molecule is CN=C1NC(C#Cc2ccc(COC)o2)=C/C1=C/CF. The van der Waals surface area contributed by atoms with Gasteiger partial charge in [0.1, 0.15) is 24.9 Å². The van der Waals surface area contributed by atoms with Gasteiger partial charge in [-0.15, -0.1) is 0 Å². The number of methoxy groups -OCH3 is 1. The largest absolute Gasteiger partial charge is 0.450 e. The molecular weight excluding hydrogens is 259 g/mol. The number of alkyl halides is 1. The molecule has 4 nitrogen and oxygen atoms in total. The zero-order valence-electron chi connectivity index (χ0n) is 11.4. The lowest BCUT2D eigenvalue weighted by Crippen LogP contribution is -2.16. The molecule has 0 spiro atoms. The summed E-state index contributed by atoms with van der Waals surface area (Å²) in [4.78, 5) is 4.03. The van der Waals surface area contributed by atoms with Crippen LogP contribution in [0.4, 0.5) is 4.39 Å². The maximum absolute atomic E-state index is 12.4. The van der Waals surface area contributed by atoms with Gasteiger partial charge in [0.15, 0.2) is 5.76 Å². The van der Waals surface area contributed by atoms with Gasteiger partial charge in [-0.05, 0) is 36.1 Å². The molecule has 20 heavy (non-hydrogen) atoms. The van der Waals surface area contributed by atoms with E-state index in [1.807, 2.05) is 6.07 Å². The summed E-state index contributed by atoms with van der Waals surface area (Å²) < 4.78 is 22.8. The second kappa shape index (κ2) is 6.73. The first-order chi connectivity index (χ1) is 9.76. The van der Waals surface area contributed by atoms with E-state index in [2.05, 4.69) is 22.2 Å². The summed E-state index contributed by atoms with van der Waals surface area (Å²) in [5.41, 5.74) is 1.37. The van der Waals surface area contributed by atoms with Crippen molar-refractivity contribution in [3.8, 4) is 11.8 Å². The lowest BCUT2D eigenvalue weighted by molar-refractivity contribution is 0.164. The Balaban J connectivity index is 2.13. The summed E-state index contributed by atoms with van der Waals surface area (Å²) in [5.74, 6) is 7.71. The molecule has 104 valence electrons. The molecular formula is C15H15FN2O2. The first kappa shape index (κ1) is 14.1. The summed E-state index contributed by atoms with van der Waals surface area (Å²) in [7, 11) is 3.24. The molecule has 0 saturated carbocycles. The van der Waals surface area contributed by atoms with E-state index in [-0.39, 0.29) is 0 Å². The lowest BCUT2D eigenvalue weighted by Gasteiger charge is -1.97. The highest BCUT2D eigenvalue weighted by atomic mass is 19.1. The smallest absolute Gasteiger partial charge is 0.177 e. The molecule has 0 unspecified atom stereocenters. The average molecular weight is 274 g/mol. The van der Waals surface area contributed by atoms with Crippen LogP contribution in [-0.2, 0) is 11.3 Å². The van der Waals surface area contributed by atoms with Crippen molar-refractivity contribution in [1.82, 2.24) is 5.32 Å². The fraction of sp³-hybridized carbons (Fsp3) is 0.267. The van der Waals surface area contributed by atoms with Crippen LogP contribution in [-0.4, -0.2) is 26.7 Å². The fourth-order valence-corrected chi connectivity index (χ4v) is 1.74. The van der Waals surface area contributed by atoms with Crippen LogP contribution < -0.4 is 5.32 Å². The molecule has 0 aromatic carbocycles. The number of allylic oxidation sites excluding steroid dienone is 2. The molecule has 1 aromatic heterocycles. The molecule has 2 rings (SSSR count). The van der Waals surface area contributed by atoms with Crippen LogP contribution in [0.15, 0.2) is 45.0 Å². The Morgan fingerprint density at radius 2 is 2.30 bits per heavy atom. The maximum Gasteiger partial charge on any atom is 0.177 e. The predicted octanol–water partition coefficient (Wildman–Crippen LogP) is 2.19. The zero-order chi connectivity index (χ0) is 14.4. The second-order valence-corrected chi connectivity index (χ2v) is 4.02. The first-order valence-corrected chi connectivity index (χ1v) is 6.08. The number of hydrogen-bond acceptors (Lipinski definition) is 3. The molecule has 0 atom stereocenters. The van der Waals surface area contributed by atoms with E-state index in [4.69, 9.17) is 9.15 Å². The maximum atomic E-state index is 12.4. The van der Waals surface area contributed by atoms with E-state index in [9.17, 15) is 4.39 Å². The van der Waals surface area contributed by atoms with Crippen molar-refractivity contribution < 1.29 is 13.5 Å². The number of amidine groups is 1. The summed E-state index contributed by atoms with van der Waals surface area (Å²) in [6.07, 6.45) is 3.21. The van der Waals surface area contributed by atoms with Gasteiger partial charge < -0.3 is 14.5 Å². The van der Waals surface area contributed by atoms with E-state index in [0.717, 1.165) is 5.76 Å². The number of nitrogens with one attached hydrogen (secondary N) is 1. The van der Waals surface area contributed by atoms with Gasteiger partial charge in [-0.25, -0.2) is 4.39 Å². The van der Waals surface area contributed by atoms with Crippen LogP contribution in [0.1, 0.15) is 11.5 Å². The van der Waals surface area contributed by atoms with Crippen molar-refractivity contribution in [2.45, 2.75) is 6.61 Å². The van der Waals surface area contributed by atoms with Crippen LogP contribution in [0, 0.1) is 11.8 Å². The molecule has 1 aromatic rings. The molecule has 0 amide bonds. The van der Waals surface area contributed by atoms with Crippen molar-refractivity contribution in [3.63, 3.8) is 0 Å². The molecule has 0 radical (unpaired) electrons. The quantitative estimate of drug-likeness (QED) is 0.859. The minimum atomic E-state index is -0.536. The van der Waals surface area contributed by atoms with Crippen LogP contribution in [0.5, 0.6) is 0 Å². The van der Waals surface area contributed by atoms with Gasteiger partial charge in [0.05, 0.1) is 5.70 Å². The average Bonchev–Trinajstić information content (AvgIpc) is 3.04. The van der Waals surface area contributed by atoms with Crippen molar-refractivity contribution in [1.29, 1.82) is 0 Å². The number of hydrogen-bond donors (Lipinski definition) is 1. The van der Waals surface area contributed by atoms with Crippen LogP contribution in [0.2, 0.25) is 0 Å². The number of rotatable bonds is 3. The van der Waals surface area contributed by atoms with E-state index in [1.54, 1.807) is 26.3 Å². The van der Waals surface area contributed by atoms with Gasteiger partial charge in [-0.2, -0.15) is 0 Å². The Morgan fingerprint density at radius 1 is 1.45 bits per heavy atom. The molecule has 0 aliphatic carbocycles. The van der Waals surface area contributed by atoms with Crippen LogP contribution in [0.3, 0.4) is 0 Å². The molecule has 1 aliphatic heterocycles. The van der Waals surface area contributed by atoms with E-state index >= 15 is 0 Å². The first-order valence-electron chi connectivity index (χ1n) is 6.08. The molecule has 1 N–H and O–H groups in total. The van der Waals surface area contributed by atoms with Gasteiger partial charge in [0.2, 0.25) is 0 Å². The number of ether oxygens (including phenoxy) is 1. The molecule has 2 heterocycles. The third-order valence-corrected chi connectivity index (χ3v) is 2.62. The lowest BCUT2D eigenvalue weighted by atomic mass is 10.2. The number of halogens is 1. The highest BCUT2D eigenvalue weighted by Gasteiger charge is 2.13. The van der Waals surface area contributed by atoms with E-state index < -0.39 is 6.67 Å². The standard InChI is InChI=1S/C15H15FN2O2/c1-17-15-11(7-8-16)9-12(18-15)3-4-13-5-6-14(20-13)10-19-2/h5-7,9H,8,10H2,1-2H3,(H,17,18)/b11-7-. The van der Waals surface area contributed by atoms with Gasteiger partial charge in [0.25, 0.3) is 0 Å². The Kier molecular flexibility index (Phi) is 4.75. The Hall–Kier alpha value is -2.32. The number of furan rings is 1. The minimum absolute atomic E-state index is 0.415. The molecule has 1 aliphatic rings. The van der Waals surface area contributed by atoms with Crippen LogP contribution in [0.25, 0.3) is 0 Å². The Labute approximate surface area is 117 Å². The van der Waals surface area contributed by atoms with Crippen molar-refractivity contribution in [3.05, 3.63) is 47.1 Å². The molecule has 0 bridgehead atoms. The number of nitrogens with zero attached hydrogens (tertiary/aromatic N) is 1. The third-order valence-electron chi connectivity index (χ3n) is 2.62. The zero-order valence-corrected chi connectivity index (χ0v) is 11.4. The normalized spacial score (nSPS) is 17.9. The summed E-state index contributed by atoms with van der Waals surface area (Å²) in [5, 5.41) is 3.01. The van der Waals surface area contributed by atoms with Crippen molar-refractivity contribution >= 4 is 5.84 Å². The molecule has 0 saturated heterocycles. The monoisotopic (exact) mass is 274 g/mol. The molecule has 5 heteroatoms. The Bertz CT molecular complexity index is 630. The van der Waals surface area contributed by atoms with Crippen molar-refractivity contribution in [2.75, 3.05) is 20.8 Å². The van der Waals surface area contributed by atoms with Gasteiger partial charge in [-0.1, -0.05) is 0 Å². The summed E-state index contributed by atoms with van der Waals surface area (Å²) in [6.45, 7) is -0.121. The highest BCUT2D eigenvalue weighted by molar-refractivity contribution is 6.05. The number of aliphatic imine (C=N–C) groups is 1. The summed E-state index contributed by atoms with van der Waals surface area (Å²) in [6, 6.07) is 3.60. The topological polar surface area (TPSA) is 46.8 Å².